The van der Waals surface area contributed by atoms with Gasteiger partial charge in [-0.3, -0.25) is 9.39 Å². The third-order valence-corrected chi connectivity index (χ3v) is 6.03. The summed E-state index contributed by atoms with van der Waals surface area (Å²) in [4.78, 5) is 4.41. The predicted octanol–water partition coefficient (Wildman–Crippen LogP) is 2.42. The van der Waals surface area contributed by atoms with E-state index in [9.17, 15) is 0 Å². The fourth-order valence-electron chi connectivity index (χ4n) is 4.30. The molecular formula is C20H32N6O. The molecule has 0 radical (unpaired) electrons. The van der Waals surface area contributed by atoms with Gasteiger partial charge < -0.3 is 15.4 Å². The van der Waals surface area contributed by atoms with Gasteiger partial charge in [0, 0.05) is 44.3 Å². The van der Waals surface area contributed by atoms with Crippen molar-refractivity contribution in [1.82, 2.24) is 25.2 Å². The highest BCUT2D eigenvalue weighted by Gasteiger charge is 2.53. The van der Waals surface area contributed by atoms with Gasteiger partial charge in [0.1, 0.15) is 5.82 Å². The van der Waals surface area contributed by atoms with E-state index in [0.717, 1.165) is 56.3 Å². The smallest absolute Gasteiger partial charge is 0.191 e. The van der Waals surface area contributed by atoms with Gasteiger partial charge in [0.15, 0.2) is 11.6 Å². The summed E-state index contributed by atoms with van der Waals surface area (Å²) in [6.07, 6.45) is 6.37. The fraction of sp³-hybridized carbons (Fsp3) is 0.650. The summed E-state index contributed by atoms with van der Waals surface area (Å²) in [5.74, 6) is 1.79. The number of ether oxygens (including phenoxy) is 1. The summed E-state index contributed by atoms with van der Waals surface area (Å²) in [6.45, 7) is 8.12. The standard InChI is InChI=1S/C20H32N6O/c1-5-20(6-2)15(14-16(20)27-7-3)23-19(21-4)22-12-11-18-25-24-17-10-8-9-13-26(17)18/h8-10,13,15-16H,5-7,11-12,14H2,1-4H3,(H2,21,22,23). The number of aliphatic imine (C=N–C) groups is 1. The molecule has 0 saturated heterocycles. The SMILES string of the molecule is CCOC1CC(NC(=NC)NCCc2nnc3ccccn23)C1(CC)CC. The summed E-state index contributed by atoms with van der Waals surface area (Å²) >= 11 is 0. The van der Waals surface area contributed by atoms with Crippen molar-refractivity contribution in [3.8, 4) is 0 Å². The fourth-order valence-corrected chi connectivity index (χ4v) is 4.30. The Kier molecular flexibility index (Phi) is 6.31. The molecule has 1 fully saturated rings. The van der Waals surface area contributed by atoms with Crippen LogP contribution in [0.4, 0.5) is 0 Å². The number of pyridine rings is 1. The summed E-state index contributed by atoms with van der Waals surface area (Å²) in [5, 5.41) is 15.5. The molecule has 2 aromatic heterocycles. The predicted molar refractivity (Wildman–Crippen MR) is 108 cm³/mol. The van der Waals surface area contributed by atoms with E-state index in [1.165, 1.54) is 0 Å². The largest absolute Gasteiger partial charge is 0.378 e. The second kappa shape index (κ2) is 8.69. The highest BCUT2D eigenvalue weighted by Crippen LogP contribution is 2.48. The van der Waals surface area contributed by atoms with E-state index >= 15 is 0 Å². The van der Waals surface area contributed by atoms with E-state index in [2.05, 4.69) is 46.6 Å². The molecule has 0 aromatic carbocycles. The number of hydrogen-bond acceptors (Lipinski definition) is 4. The number of aromatic nitrogens is 3. The van der Waals surface area contributed by atoms with Crippen molar-refractivity contribution >= 4 is 11.6 Å². The molecule has 3 rings (SSSR count). The molecule has 1 aliphatic rings. The molecule has 0 amide bonds. The first-order valence-electron chi connectivity index (χ1n) is 10.1. The van der Waals surface area contributed by atoms with Crippen LogP contribution < -0.4 is 10.6 Å². The van der Waals surface area contributed by atoms with Crippen LogP contribution >= 0.6 is 0 Å². The van der Waals surface area contributed by atoms with Gasteiger partial charge in [-0.2, -0.15) is 0 Å². The van der Waals surface area contributed by atoms with E-state index in [1.807, 2.05) is 35.8 Å². The maximum Gasteiger partial charge on any atom is 0.191 e. The Morgan fingerprint density at radius 1 is 1.30 bits per heavy atom. The minimum Gasteiger partial charge on any atom is -0.378 e. The zero-order valence-corrected chi connectivity index (χ0v) is 16.9. The van der Waals surface area contributed by atoms with Crippen molar-refractivity contribution in [3.05, 3.63) is 30.2 Å². The number of rotatable bonds is 8. The molecule has 0 bridgehead atoms. The minimum absolute atomic E-state index is 0.191. The van der Waals surface area contributed by atoms with E-state index in [0.29, 0.717) is 12.1 Å². The topological polar surface area (TPSA) is 75.8 Å². The second-order valence-corrected chi connectivity index (χ2v) is 7.11. The highest BCUT2D eigenvalue weighted by atomic mass is 16.5. The molecule has 1 saturated carbocycles. The number of guanidine groups is 1. The lowest BCUT2D eigenvalue weighted by Crippen LogP contribution is -2.65. The molecular weight excluding hydrogens is 340 g/mol. The van der Waals surface area contributed by atoms with Gasteiger partial charge in [-0.25, -0.2) is 0 Å². The third kappa shape index (κ3) is 3.78. The lowest BCUT2D eigenvalue weighted by molar-refractivity contribution is -0.133. The van der Waals surface area contributed by atoms with E-state index in [-0.39, 0.29) is 5.41 Å². The monoisotopic (exact) mass is 372 g/mol. The van der Waals surface area contributed by atoms with Crippen molar-refractivity contribution in [3.63, 3.8) is 0 Å². The molecule has 0 aliphatic heterocycles. The third-order valence-electron chi connectivity index (χ3n) is 6.03. The Morgan fingerprint density at radius 3 is 2.81 bits per heavy atom. The van der Waals surface area contributed by atoms with Crippen molar-refractivity contribution in [1.29, 1.82) is 0 Å². The molecule has 7 heteroatoms. The van der Waals surface area contributed by atoms with Crippen LogP contribution in [0, 0.1) is 5.41 Å². The molecule has 2 N–H and O–H groups in total. The van der Waals surface area contributed by atoms with Crippen molar-refractivity contribution in [2.24, 2.45) is 10.4 Å². The van der Waals surface area contributed by atoms with Crippen LogP contribution in [0.25, 0.3) is 5.65 Å². The number of hydrogen-bond donors (Lipinski definition) is 2. The van der Waals surface area contributed by atoms with Crippen molar-refractivity contribution < 1.29 is 4.74 Å². The van der Waals surface area contributed by atoms with Gasteiger partial charge in [-0.05, 0) is 38.3 Å². The maximum atomic E-state index is 5.97. The normalized spacial score (nSPS) is 21.9. The Morgan fingerprint density at radius 2 is 2.11 bits per heavy atom. The van der Waals surface area contributed by atoms with Gasteiger partial charge in [0.05, 0.1) is 6.10 Å². The zero-order chi connectivity index (χ0) is 19.3. The van der Waals surface area contributed by atoms with Gasteiger partial charge in [0.25, 0.3) is 0 Å². The molecule has 2 atom stereocenters. The molecule has 27 heavy (non-hydrogen) atoms. The second-order valence-electron chi connectivity index (χ2n) is 7.11. The van der Waals surface area contributed by atoms with E-state index in [1.54, 1.807) is 0 Å². The van der Waals surface area contributed by atoms with Gasteiger partial charge in [0.2, 0.25) is 0 Å². The lowest BCUT2D eigenvalue weighted by Gasteiger charge is -2.55. The quantitative estimate of drug-likeness (QED) is 0.550. The van der Waals surface area contributed by atoms with Gasteiger partial charge in [-0.15, -0.1) is 10.2 Å². The van der Waals surface area contributed by atoms with Crippen LogP contribution in [0.15, 0.2) is 29.4 Å². The summed E-state index contributed by atoms with van der Waals surface area (Å²) in [6, 6.07) is 6.32. The van der Waals surface area contributed by atoms with E-state index < -0.39 is 0 Å². The van der Waals surface area contributed by atoms with Crippen molar-refractivity contribution in [2.75, 3.05) is 20.2 Å². The van der Waals surface area contributed by atoms with Crippen LogP contribution in [0.2, 0.25) is 0 Å². The Bertz CT molecular complexity index is 767. The Labute approximate surface area is 161 Å². The number of nitrogens with one attached hydrogen (secondary N) is 2. The van der Waals surface area contributed by atoms with Gasteiger partial charge in [-0.1, -0.05) is 19.9 Å². The van der Waals surface area contributed by atoms with Crippen LogP contribution in [0.3, 0.4) is 0 Å². The van der Waals surface area contributed by atoms with E-state index in [4.69, 9.17) is 4.74 Å². The first-order chi connectivity index (χ1) is 13.2. The maximum absolute atomic E-state index is 5.97. The summed E-state index contributed by atoms with van der Waals surface area (Å²) < 4.78 is 8.00. The molecule has 2 unspecified atom stereocenters. The molecule has 148 valence electrons. The van der Waals surface area contributed by atoms with Gasteiger partial charge >= 0.3 is 0 Å². The first kappa shape index (κ1) is 19.6. The molecule has 1 aliphatic carbocycles. The summed E-state index contributed by atoms with van der Waals surface area (Å²) in [5.41, 5.74) is 1.07. The highest BCUT2D eigenvalue weighted by molar-refractivity contribution is 5.80. The van der Waals surface area contributed by atoms with Crippen LogP contribution in [-0.2, 0) is 11.2 Å². The molecule has 7 nitrogen and oxygen atoms in total. The molecule has 2 aromatic rings. The molecule has 2 heterocycles. The first-order valence-corrected chi connectivity index (χ1v) is 10.1. The number of fused-ring (bicyclic) bond motifs is 1. The average Bonchev–Trinajstić information content (AvgIpc) is 3.10. The minimum atomic E-state index is 0.191. The summed E-state index contributed by atoms with van der Waals surface area (Å²) in [7, 11) is 1.82. The Hall–Kier alpha value is -2.15. The van der Waals surface area contributed by atoms with Crippen LogP contribution in [-0.4, -0.2) is 52.9 Å². The lowest BCUT2D eigenvalue weighted by atomic mass is 9.58. The average molecular weight is 373 g/mol. The van der Waals surface area contributed by atoms with Crippen molar-refractivity contribution in [2.45, 2.75) is 58.6 Å². The number of nitrogens with zero attached hydrogens (tertiary/aromatic N) is 4. The van der Waals surface area contributed by atoms with Crippen LogP contribution in [0.5, 0.6) is 0 Å². The Balaban J connectivity index is 1.55. The zero-order valence-electron chi connectivity index (χ0n) is 16.9. The molecule has 0 spiro atoms. The van der Waals surface area contributed by atoms with Crippen LogP contribution in [0.1, 0.15) is 45.9 Å².